The molecule has 40 heavy (non-hydrogen) atoms. The average Bonchev–Trinajstić information content (AvgIpc) is 2.92. The van der Waals surface area contributed by atoms with Gasteiger partial charge in [0.2, 0.25) is 0 Å². The fourth-order valence-electron chi connectivity index (χ4n) is 3.61. The molecular formula is C26H18Cl2N4O8. The summed E-state index contributed by atoms with van der Waals surface area (Å²) in [4.78, 5) is 61.4. The molecule has 14 heteroatoms. The summed E-state index contributed by atoms with van der Waals surface area (Å²) in [6, 6.07) is 12.8. The first kappa shape index (κ1) is 28.1. The number of nitro benzene ring substituents is 1. The first-order chi connectivity index (χ1) is 19.1. The van der Waals surface area contributed by atoms with E-state index in [2.05, 4.69) is 5.32 Å². The number of benzene rings is 3. The molecule has 0 aliphatic carbocycles. The Morgan fingerprint density at radius 3 is 2.52 bits per heavy atom. The number of hydrogen-bond acceptors (Lipinski definition) is 8. The topological polar surface area (TPSA) is 157 Å². The fourth-order valence-corrected chi connectivity index (χ4v) is 3.91. The van der Waals surface area contributed by atoms with Gasteiger partial charge in [0.15, 0.2) is 18.1 Å². The molecule has 0 spiro atoms. The molecule has 12 nitrogen and oxygen atoms in total. The van der Waals surface area contributed by atoms with E-state index in [1.165, 1.54) is 61.7 Å². The van der Waals surface area contributed by atoms with Gasteiger partial charge in [0.25, 0.3) is 23.4 Å². The number of carbonyl (C=O) groups is 4. The van der Waals surface area contributed by atoms with Gasteiger partial charge in [-0.1, -0.05) is 35.3 Å². The molecule has 204 valence electrons. The van der Waals surface area contributed by atoms with Gasteiger partial charge < -0.3 is 14.8 Å². The number of amides is 5. The van der Waals surface area contributed by atoms with Crippen LogP contribution >= 0.6 is 23.2 Å². The molecule has 5 amide bonds. The maximum Gasteiger partial charge on any atom is 0.335 e. The van der Waals surface area contributed by atoms with Crippen LogP contribution in [0, 0.1) is 10.1 Å². The maximum absolute atomic E-state index is 13.1. The molecule has 0 radical (unpaired) electrons. The molecule has 1 fully saturated rings. The SMILES string of the molecule is COc1cc(/C=C2/C(=O)NC(=O)N(c3cccc([N+](=O)[O-])c3)C2=O)ccc1OCC(=O)Nc1ccc(Cl)c(Cl)c1. The number of imide groups is 2. The smallest absolute Gasteiger partial charge is 0.335 e. The summed E-state index contributed by atoms with van der Waals surface area (Å²) < 4.78 is 10.9. The van der Waals surface area contributed by atoms with Gasteiger partial charge in [-0.05, 0) is 48.0 Å². The third-order valence-corrected chi connectivity index (χ3v) is 6.20. The standard InChI is InChI=1S/C26H18Cl2N4O8/c1-39-22-10-14(5-8-21(22)40-13-23(33)29-15-6-7-19(27)20(28)11-15)9-18-24(34)30-26(36)31(25(18)35)16-3-2-4-17(12-16)32(37)38/h2-12H,13H2,1H3,(H,29,33)(H,30,34,36)/b18-9-. The first-order valence-corrected chi connectivity index (χ1v) is 12.0. The lowest BCUT2D eigenvalue weighted by atomic mass is 10.1. The average molecular weight is 585 g/mol. The van der Waals surface area contributed by atoms with E-state index >= 15 is 0 Å². The van der Waals surface area contributed by atoms with Crippen molar-refractivity contribution in [2.75, 3.05) is 23.9 Å². The van der Waals surface area contributed by atoms with E-state index < -0.39 is 34.2 Å². The second-order valence-corrected chi connectivity index (χ2v) is 8.93. The van der Waals surface area contributed by atoms with Crippen LogP contribution in [0.1, 0.15) is 5.56 Å². The van der Waals surface area contributed by atoms with E-state index in [0.717, 1.165) is 6.07 Å². The number of carbonyl (C=O) groups excluding carboxylic acids is 4. The number of urea groups is 1. The van der Waals surface area contributed by atoms with Crippen LogP contribution in [0.5, 0.6) is 11.5 Å². The Balaban J connectivity index is 1.52. The Kier molecular flexibility index (Phi) is 8.31. The van der Waals surface area contributed by atoms with Crippen molar-refractivity contribution < 1.29 is 33.6 Å². The third-order valence-electron chi connectivity index (χ3n) is 5.46. The van der Waals surface area contributed by atoms with Crippen molar-refractivity contribution in [2.24, 2.45) is 0 Å². The largest absolute Gasteiger partial charge is 0.493 e. The Labute approximate surface area is 236 Å². The molecule has 0 atom stereocenters. The van der Waals surface area contributed by atoms with Crippen molar-refractivity contribution in [3.8, 4) is 11.5 Å². The number of anilines is 2. The lowest BCUT2D eigenvalue weighted by Crippen LogP contribution is -2.54. The van der Waals surface area contributed by atoms with E-state index in [1.54, 1.807) is 6.07 Å². The number of nitrogens with one attached hydrogen (secondary N) is 2. The molecule has 1 aliphatic rings. The summed E-state index contributed by atoms with van der Waals surface area (Å²) >= 11 is 11.8. The lowest BCUT2D eigenvalue weighted by molar-refractivity contribution is -0.384. The fraction of sp³-hybridized carbons (Fsp3) is 0.0769. The molecule has 1 saturated heterocycles. The van der Waals surface area contributed by atoms with E-state index in [-0.39, 0.29) is 34.5 Å². The van der Waals surface area contributed by atoms with Crippen LogP contribution in [0.25, 0.3) is 6.08 Å². The van der Waals surface area contributed by atoms with Gasteiger partial charge in [-0.25, -0.2) is 9.69 Å². The highest BCUT2D eigenvalue weighted by molar-refractivity contribution is 6.42. The molecule has 3 aromatic carbocycles. The van der Waals surface area contributed by atoms with Crippen LogP contribution in [0.15, 0.2) is 66.2 Å². The second kappa shape index (κ2) is 11.8. The van der Waals surface area contributed by atoms with Crippen molar-refractivity contribution in [1.82, 2.24) is 5.32 Å². The number of non-ortho nitro benzene ring substituents is 1. The number of rotatable bonds is 8. The van der Waals surface area contributed by atoms with Crippen molar-refractivity contribution in [1.29, 1.82) is 0 Å². The molecule has 0 unspecified atom stereocenters. The summed E-state index contributed by atoms with van der Waals surface area (Å²) in [6.45, 7) is -0.377. The summed E-state index contributed by atoms with van der Waals surface area (Å²) in [7, 11) is 1.36. The molecule has 1 aliphatic heterocycles. The van der Waals surface area contributed by atoms with Crippen molar-refractivity contribution in [3.63, 3.8) is 0 Å². The number of hydrogen-bond donors (Lipinski definition) is 2. The first-order valence-electron chi connectivity index (χ1n) is 11.3. The Hall–Kier alpha value is -4.94. The monoisotopic (exact) mass is 584 g/mol. The van der Waals surface area contributed by atoms with Gasteiger partial charge in [-0.3, -0.25) is 29.8 Å². The molecule has 4 rings (SSSR count). The van der Waals surface area contributed by atoms with Crippen LogP contribution in [0.3, 0.4) is 0 Å². The normalized spacial score (nSPS) is 14.1. The number of methoxy groups -OCH3 is 1. The molecule has 3 aromatic rings. The minimum Gasteiger partial charge on any atom is -0.493 e. The summed E-state index contributed by atoms with van der Waals surface area (Å²) in [6.07, 6.45) is 1.22. The van der Waals surface area contributed by atoms with Crippen LogP contribution < -0.4 is 25.0 Å². The van der Waals surface area contributed by atoms with E-state index in [9.17, 15) is 29.3 Å². The van der Waals surface area contributed by atoms with Gasteiger partial charge >= 0.3 is 6.03 Å². The van der Waals surface area contributed by atoms with Crippen LogP contribution in [-0.4, -0.2) is 42.4 Å². The number of ether oxygens (including phenoxy) is 2. The highest BCUT2D eigenvalue weighted by Crippen LogP contribution is 2.31. The van der Waals surface area contributed by atoms with Gasteiger partial charge in [0, 0.05) is 17.8 Å². The quantitative estimate of drug-likeness (QED) is 0.168. The van der Waals surface area contributed by atoms with Crippen molar-refractivity contribution >= 4 is 70.1 Å². The molecular weight excluding hydrogens is 567 g/mol. The Bertz CT molecular complexity index is 1590. The van der Waals surface area contributed by atoms with Crippen molar-refractivity contribution in [2.45, 2.75) is 0 Å². The minimum absolute atomic E-state index is 0.0874. The minimum atomic E-state index is -1.05. The zero-order chi connectivity index (χ0) is 29.0. The number of barbiturate groups is 1. The highest BCUT2D eigenvalue weighted by Gasteiger charge is 2.37. The van der Waals surface area contributed by atoms with E-state index in [4.69, 9.17) is 32.7 Å². The van der Waals surface area contributed by atoms with Crippen LogP contribution in [0.4, 0.5) is 21.9 Å². The van der Waals surface area contributed by atoms with Crippen LogP contribution in [0.2, 0.25) is 10.0 Å². The maximum atomic E-state index is 13.1. The number of nitro groups is 1. The second-order valence-electron chi connectivity index (χ2n) is 8.11. The van der Waals surface area contributed by atoms with Gasteiger partial charge in [-0.2, -0.15) is 0 Å². The zero-order valence-corrected chi connectivity index (χ0v) is 22.0. The van der Waals surface area contributed by atoms with E-state index in [1.807, 2.05) is 5.32 Å². The molecule has 0 bridgehead atoms. The van der Waals surface area contributed by atoms with E-state index in [0.29, 0.717) is 21.2 Å². The lowest BCUT2D eigenvalue weighted by Gasteiger charge is -2.26. The highest BCUT2D eigenvalue weighted by atomic mass is 35.5. The number of halogens is 2. The Morgan fingerprint density at radius 1 is 1.05 bits per heavy atom. The predicted octanol–water partition coefficient (Wildman–Crippen LogP) is 4.59. The van der Waals surface area contributed by atoms with Crippen LogP contribution in [-0.2, 0) is 14.4 Å². The molecule has 0 saturated carbocycles. The van der Waals surface area contributed by atoms with Gasteiger partial charge in [0.05, 0.1) is 27.8 Å². The zero-order valence-electron chi connectivity index (χ0n) is 20.5. The molecule has 2 N–H and O–H groups in total. The molecule has 1 heterocycles. The summed E-state index contributed by atoms with van der Waals surface area (Å²) in [5.74, 6) is -2.03. The summed E-state index contributed by atoms with van der Waals surface area (Å²) in [5.41, 5.74) is -0.0776. The molecule has 0 aromatic heterocycles. The Morgan fingerprint density at radius 2 is 1.82 bits per heavy atom. The van der Waals surface area contributed by atoms with Crippen molar-refractivity contribution in [3.05, 3.63) is 92.0 Å². The van der Waals surface area contributed by atoms with Gasteiger partial charge in [0.1, 0.15) is 5.57 Å². The third kappa shape index (κ3) is 6.20. The number of nitrogens with zero attached hydrogens (tertiary/aromatic N) is 2. The predicted molar refractivity (Wildman–Crippen MR) is 146 cm³/mol. The van der Waals surface area contributed by atoms with Gasteiger partial charge in [-0.15, -0.1) is 0 Å². The summed E-state index contributed by atoms with van der Waals surface area (Å²) in [5, 5.41) is 16.4.